The van der Waals surface area contributed by atoms with Crippen molar-refractivity contribution in [3.63, 3.8) is 0 Å². The molecule has 148 valence electrons. The molecule has 0 bridgehead atoms. The zero-order valence-electron chi connectivity index (χ0n) is 15.9. The Labute approximate surface area is 181 Å². The van der Waals surface area contributed by atoms with Crippen LogP contribution in [0.4, 0.5) is 4.39 Å². The second kappa shape index (κ2) is 10.7. The highest BCUT2D eigenvalue weighted by molar-refractivity contribution is 14.0. The summed E-state index contributed by atoms with van der Waals surface area (Å²) in [6.45, 7) is 3.27. The van der Waals surface area contributed by atoms with Gasteiger partial charge in [0, 0.05) is 38.7 Å². The van der Waals surface area contributed by atoms with Crippen LogP contribution < -0.4 is 10.6 Å². The molecule has 0 aliphatic carbocycles. The van der Waals surface area contributed by atoms with Gasteiger partial charge in [0.15, 0.2) is 5.96 Å². The van der Waals surface area contributed by atoms with E-state index in [2.05, 4.69) is 25.6 Å². The topological polar surface area (TPSA) is 67.1 Å². The minimum absolute atomic E-state index is 0. The molecule has 0 fully saturated rings. The molecule has 0 spiro atoms. The molecule has 2 N–H and O–H groups in total. The first-order chi connectivity index (χ1) is 13.2. The van der Waals surface area contributed by atoms with Crippen LogP contribution in [0.1, 0.15) is 17.0 Å². The highest BCUT2D eigenvalue weighted by atomic mass is 127. The number of halogens is 2. The maximum Gasteiger partial charge on any atom is 0.191 e. The third-order valence-electron chi connectivity index (χ3n) is 4.18. The van der Waals surface area contributed by atoms with Gasteiger partial charge < -0.3 is 10.6 Å². The van der Waals surface area contributed by atoms with E-state index in [9.17, 15) is 4.39 Å². The number of benzene rings is 1. The predicted molar refractivity (Wildman–Crippen MR) is 120 cm³/mol. The highest BCUT2D eigenvalue weighted by Gasteiger charge is 2.03. The molecule has 2 aromatic heterocycles. The van der Waals surface area contributed by atoms with Crippen LogP contribution in [-0.4, -0.2) is 34.1 Å². The average Bonchev–Trinajstić information content (AvgIpc) is 3.12. The smallest absolute Gasteiger partial charge is 0.191 e. The van der Waals surface area contributed by atoms with Gasteiger partial charge >= 0.3 is 0 Å². The molecular weight excluding hydrogens is 470 g/mol. The average molecular weight is 494 g/mol. The Balaban J connectivity index is 0.00000280. The molecule has 3 aromatic rings. The molecule has 0 unspecified atom stereocenters. The number of nitrogens with one attached hydrogen (secondary N) is 2. The van der Waals surface area contributed by atoms with Crippen molar-refractivity contribution in [2.45, 2.75) is 19.9 Å². The molecule has 0 amide bonds. The number of rotatable bonds is 6. The number of aromatic nitrogens is 3. The van der Waals surface area contributed by atoms with Crippen LogP contribution in [0.25, 0.3) is 5.82 Å². The Bertz CT molecular complexity index is 890. The Morgan fingerprint density at radius 2 is 1.82 bits per heavy atom. The summed E-state index contributed by atoms with van der Waals surface area (Å²) in [6.07, 6.45) is 6.28. The van der Waals surface area contributed by atoms with Gasteiger partial charge in [-0.25, -0.2) is 14.4 Å². The molecule has 6 nitrogen and oxygen atoms in total. The molecule has 0 aliphatic rings. The van der Waals surface area contributed by atoms with Crippen molar-refractivity contribution in [2.75, 3.05) is 13.6 Å². The molecule has 8 heteroatoms. The fourth-order valence-corrected chi connectivity index (χ4v) is 2.67. The fourth-order valence-electron chi connectivity index (χ4n) is 2.67. The molecule has 28 heavy (non-hydrogen) atoms. The predicted octanol–water partition coefficient (Wildman–Crippen LogP) is 3.24. The summed E-state index contributed by atoms with van der Waals surface area (Å²) in [7, 11) is 1.73. The van der Waals surface area contributed by atoms with Crippen LogP contribution in [0.5, 0.6) is 0 Å². The fraction of sp³-hybridized carbons (Fsp3) is 0.250. The summed E-state index contributed by atoms with van der Waals surface area (Å²) < 4.78 is 14.9. The van der Waals surface area contributed by atoms with E-state index >= 15 is 0 Å². The summed E-state index contributed by atoms with van der Waals surface area (Å²) in [6, 6.07) is 10.5. The van der Waals surface area contributed by atoms with E-state index < -0.39 is 0 Å². The van der Waals surface area contributed by atoms with Crippen molar-refractivity contribution in [1.82, 2.24) is 25.2 Å². The summed E-state index contributed by atoms with van der Waals surface area (Å²) in [5.41, 5.74) is 2.13. The largest absolute Gasteiger partial charge is 0.356 e. The number of imidazole rings is 1. The van der Waals surface area contributed by atoms with Gasteiger partial charge in [-0.05, 0) is 42.7 Å². The highest BCUT2D eigenvalue weighted by Crippen LogP contribution is 2.08. The molecule has 0 atom stereocenters. The molecule has 2 heterocycles. The van der Waals surface area contributed by atoms with Crippen molar-refractivity contribution >= 4 is 29.9 Å². The van der Waals surface area contributed by atoms with Crippen molar-refractivity contribution in [3.8, 4) is 5.82 Å². The van der Waals surface area contributed by atoms with E-state index in [-0.39, 0.29) is 29.8 Å². The molecule has 3 rings (SSSR count). The van der Waals surface area contributed by atoms with E-state index in [0.29, 0.717) is 19.0 Å². The normalized spacial score (nSPS) is 11.0. The van der Waals surface area contributed by atoms with Gasteiger partial charge in [0.2, 0.25) is 0 Å². The maximum atomic E-state index is 12.9. The van der Waals surface area contributed by atoms with Crippen LogP contribution in [0.3, 0.4) is 0 Å². The van der Waals surface area contributed by atoms with E-state index in [0.717, 1.165) is 29.2 Å². The Morgan fingerprint density at radius 1 is 1.07 bits per heavy atom. The summed E-state index contributed by atoms with van der Waals surface area (Å²) >= 11 is 0. The Hall–Kier alpha value is -2.49. The SMILES string of the molecule is CN=C(NCCc1ccc(F)cc1)NCc1ccc(-n2ccnc2C)nc1.I. The molecule has 1 aromatic carbocycles. The molecule has 0 saturated heterocycles. The first kappa shape index (κ1) is 21.8. The molecule has 0 aliphatic heterocycles. The summed E-state index contributed by atoms with van der Waals surface area (Å²) in [5.74, 6) is 2.24. The molecular formula is C20H24FIN6. The van der Waals surface area contributed by atoms with Crippen LogP contribution in [0.15, 0.2) is 60.0 Å². The molecule has 0 saturated carbocycles. The van der Waals surface area contributed by atoms with Crippen LogP contribution in [-0.2, 0) is 13.0 Å². The van der Waals surface area contributed by atoms with Crippen LogP contribution >= 0.6 is 24.0 Å². The van der Waals surface area contributed by atoms with E-state index in [4.69, 9.17) is 0 Å². The Kier molecular flexibility index (Phi) is 8.37. The zero-order chi connectivity index (χ0) is 19.1. The second-order valence-corrected chi connectivity index (χ2v) is 6.10. The van der Waals surface area contributed by atoms with Crippen molar-refractivity contribution in [3.05, 3.63) is 77.8 Å². The van der Waals surface area contributed by atoms with Crippen LogP contribution in [0.2, 0.25) is 0 Å². The van der Waals surface area contributed by atoms with Gasteiger partial charge in [0.25, 0.3) is 0 Å². The van der Waals surface area contributed by atoms with Gasteiger partial charge in [-0.2, -0.15) is 0 Å². The minimum atomic E-state index is -0.216. The third kappa shape index (κ3) is 6.01. The number of nitrogens with zero attached hydrogens (tertiary/aromatic N) is 4. The number of hydrogen-bond acceptors (Lipinski definition) is 3. The number of pyridine rings is 1. The monoisotopic (exact) mass is 494 g/mol. The lowest BCUT2D eigenvalue weighted by Crippen LogP contribution is -2.37. The van der Waals surface area contributed by atoms with E-state index in [1.54, 1.807) is 25.4 Å². The standard InChI is InChI=1S/C20H23FN6.HI/c1-15-23-11-12-27(15)19-8-5-17(13-25-19)14-26-20(22-2)24-10-9-16-3-6-18(21)7-4-16;/h3-8,11-13H,9-10,14H2,1-2H3,(H2,22,24,26);1H. The number of aliphatic imine (C=N–C) groups is 1. The quantitative estimate of drug-likeness (QED) is 0.314. The van der Waals surface area contributed by atoms with Crippen molar-refractivity contribution < 1.29 is 4.39 Å². The number of aryl methyl sites for hydroxylation is 1. The second-order valence-electron chi connectivity index (χ2n) is 6.10. The van der Waals surface area contributed by atoms with Crippen molar-refractivity contribution in [1.29, 1.82) is 0 Å². The number of hydrogen-bond donors (Lipinski definition) is 2. The van der Waals surface area contributed by atoms with Gasteiger partial charge in [-0.1, -0.05) is 18.2 Å². The zero-order valence-corrected chi connectivity index (χ0v) is 18.2. The van der Waals surface area contributed by atoms with Crippen LogP contribution in [0, 0.1) is 12.7 Å². The summed E-state index contributed by atoms with van der Waals surface area (Å²) in [5, 5.41) is 6.52. The first-order valence-corrected chi connectivity index (χ1v) is 8.80. The lowest BCUT2D eigenvalue weighted by atomic mass is 10.1. The Morgan fingerprint density at radius 3 is 2.43 bits per heavy atom. The first-order valence-electron chi connectivity index (χ1n) is 8.80. The van der Waals surface area contributed by atoms with E-state index in [1.165, 1.54) is 12.1 Å². The van der Waals surface area contributed by atoms with Gasteiger partial charge in [-0.3, -0.25) is 9.56 Å². The van der Waals surface area contributed by atoms with E-state index in [1.807, 2.05) is 36.0 Å². The van der Waals surface area contributed by atoms with Gasteiger partial charge in [-0.15, -0.1) is 24.0 Å². The van der Waals surface area contributed by atoms with Gasteiger partial charge in [0.05, 0.1) is 0 Å². The summed E-state index contributed by atoms with van der Waals surface area (Å²) in [4.78, 5) is 12.9. The lowest BCUT2D eigenvalue weighted by molar-refractivity contribution is 0.626. The minimum Gasteiger partial charge on any atom is -0.356 e. The maximum absolute atomic E-state index is 12.9. The van der Waals surface area contributed by atoms with Gasteiger partial charge in [0.1, 0.15) is 17.5 Å². The van der Waals surface area contributed by atoms with Crippen molar-refractivity contribution in [2.24, 2.45) is 4.99 Å². The third-order valence-corrected chi connectivity index (χ3v) is 4.18. The lowest BCUT2D eigenvalue weighted by Gasteiger charge is -2.12. The molecule has 0 radical (unpaired) electrons. The number of guanidine groups is 1.